The van der Waals surface area contributed by atoms with Gasteiger partial charge in [0.25, 0.3) is 0 Å². The first-order valence-electron chi connectivity index (χ1n) is 9.41. The van der Waals surface area contributed by atoms with Gasteiger partial charge in [-0.1, -0.05) is 32.4 Å². The lowest BCUT2D eigenvalue weighted by Crippen LogP contribution is -2.45. The van der Waals surface area contributed by atoms with Crippen molar-refractivity contribution >= 4 is 0 Å². The van der Waals surface area contributed by atoms with E-state index in [-0.39, 0.29) is 29.8 Å². The van der Waals surface area contributed by atoms with Crippen molar-refractivity contribution in [3.63, 3.8) is 0 Å². The van der Waals surface area contributed by atoms with E-state index in [0.29, 0.717) is 24.7 Å². The lowest BCUT2D eigenvalue weighted by atomic mass is 9.64. The van der Waals surface area contributed by atoms with E-state index in [4.69, 9.17) is 0 Å². The topological polar surface area (TPSA) is 60.7 Å². The maximum absolute atomic E-state index is 11.1. The molecular formula is C20H34O3. The van der Waals surface area contributed by atoms with Crippen LogP contribution in [0.3, 0.4) is 0 Å². The molecule has 0 aliphatic heterocycles. The Kier molecular flexibility index (Phi) is 4.44. The molecule has 7 unspecified atom stereocenters. The number of allylic oxidation sites excluding steroid dienone is 1. The highest BCUT2D eigenvalue weighted by atomic mass is 16.3. The summed E-state index contributed by atoms with van der Waals surface area (Å²) in [4.78, 5) is 0. The first-order chi connectivity index (χ1) is 10.7. The van der Waals surface area contributed by atoms with Crippen molar-refractivity contribution in [1.29, 1.82) is 0 Å². The first kappa shape index (κ1) is 17.4. The zero-order valence-electron chi connectivity index (χ0n) is 15.1. The van der Waals surface area contributed by atoms with Crippen LogP contribution in [0.5, 0.6) is 0 Å². The van der Waals surface area contributed by atoms with Crippen molar-refractivity contribution < 1.29 is 15.3 Å². The van der Waals surface area contributed by atoms with Gasteiger partial charge in [0.15, 0.2) is 0 Å². The van der Waals surface area contributed by atoms with Crippen molar-refractivity contribution in [2.75, 3.05) is 6.61 Å². The smallest absolute Gasteiger partial charge is 0.0709 e. The largest absolute Gasteiger partial charge is 0.396 e. The number of hydrogen-bond donors (Lipinski definition) is 3. The minimum absolute atomic E-state index is 0.118. The number of aliphatic hydroxyl groups excluding tert-OH is 2. The molecule has 7 atom stereocenters. The Balaban J connectivity index is 2.01. The van der Waals surface area contributed by atoms with Crippen LogP contribution in [0.4, 0.5) is 0 Å². The summed E-state index contributed by atoms with van der Waals surface area (Å²) in [5.74, 6) is 1.46. The van der Waals surface area contributed by atoms with Crippen molar-refractivity contribution in [2.24, 2.45) is 35.0 Å². The van der Waals surface area contributed by atoms with E-state index in [0.717, 1.165) is 6.42 Å². The monoisotopic (exact) mass is 322 g/mol. The fourth-order valence-corrected chi connectivity index (χ4v) is 6.09. The molecule has 0 heterocycles. The summed E-state index contributed by atoms with van der Waals surface area (Å²) in [6.07, 6.45) is 6.47. The minimum Gasteiger partial charge on any atom is -0.396 e. The van der Waals surface area contributed by atoms with Crippen LogP contribution in [0.1, 0.15) is 59.8 Å². The van der Waals surface area contributed by atoms with Gasteiger partial charge in [0.1, 0.15) is 0 Å². The molecule has 2 fully saturated rings. The summed E-state index contributed by atoms with van der Waals surface area (Å²) in [5, 5.41) is 31.4. The third kappa shape index (κ3) is 2.79. The fraction of sp³-hybridized carbons (Fsp3) is 0.900. The zero-order chi connectivity index (χ0) is 17.0. The molecule has 3 nitrogen and oxygen atoms in total. The molecule has 0 bridgehead atoms. The molecule has 3 aliphatic carbocycles. The SMILES string of the molecule is CC(C)C1CCC2(C)CC3C(CO)CC(O)C3C(C)(O)C/C=C/12. The van der Waals surface area contributed by atoms with E-state index < -0.39 is 11.7 Å². The summed E-state index contributed by atoms with van der Waals surface area (Å²) in [5.41, 5.74) is 0.822. The molecule has 0 aromatic carbocycles. The van der Waals surface area contributed by atoms with Gasteiger partial charge in [-0.3, -0.25) is 0 Å². The van der Waals surface area contributed by atoms with Gasteiger partial charge in [-0.15, -0.1) is 0 Å². The van der Waals surface area contributed by atoms with Crippen LogP contribution >= 0.6 is 0 Å². The van der Waals surface area contributed by atoms with Crippen molar-refractivity contribution in [3.05, 3.63) is 11.6 Å². The Morgan fingerprint density at radius 3 is 2.61 bits per heavy atom. The van der Waals surface area contributed by atoms with Gasteiger partial charge < -0.3 is 15.3 Å². The molecule has 0 aromatic heterocycles. The lowest BCUT2D eigenvalue weighted by Gasteiger charge is -2.43. The van der Waals surface area contributed by atoms with Gasteiger partial charge >= 0.3 is 0 Å². The van der Waals surface area contributed by atoms with Crippen LogP contribution in [0.2, 0.25) is 0 Å². The molecule has 0 amide bonds. The van der Waals surface area contributed by atoms with Gasteiger partial charge in [-0.2, -0.15) is 0 Å². The van der Waals surface area contributed by atoms with Crippen LogP contribution < -0.4 is 0 Å². The first-order valence-corrected chi connectivity index (χ1v) is 9.41. The van der Waals surface area contributed by atoms with Gasteiger partial charge in [-0.25, -0.2) is 0 Å². The number of fused-ring (bicyclic) bond motifs is 2. The lowest BCUT2D eigenvalue weighted by molar-refractivity contribution is -0.0709. The Morgan fingerprint density at radius 2 is 2.00 bits per heavy atom. The van der Waals surface area contributed by atoms with E-state index >= 15 is 0 Å². The standard InChI is InChI=1S/C20H34O3/c1-12(2)14-5-7-19(3)10-15-13(11-21)9-17(22)18(15)20(4,23)8-6-16(14)19/h6,12-15,17-18,21-23H,5,7-11H2,1-4H3/b16-6-. The highest BCUT2D eigenvalue weighted by molar-refractivity contribution is 5.26. The number of rotatable bonds is 2. The van der Waals surface area contributed by atoms with E-state index in [1.54, 1.807) is 0 Å². The van der Waals surface area contributed by atoms with E-state index in [2.05, 4.69) is 26.8 Å². The predicted molar refractivity (Wildman–Crippen MR) is 91.8 cm³/mol. The van der Waals surface area contributed by atoms with E-state index in [9.17, 15) is 15.3 Å². The Morgan fingerprint density at radius 1 is 1.30 bits per heavy atom. The maximum Gasteiger partial charge on any atom is 0.0709 e. The average Bonchev–Trinajstić information content (AvgIpc) is 2.93. The van der Waals surface area contributed by atoms with Gasteiger partial charge in [-0.05, 0) is 68.1 Å². The van der Waals surface area contributed by atoms with Crippen molar-refractivity contribution in [2.45, 2.75) is 71.5 Å². The van der Waals surface area contributed by atoms with Crippen molar-refractivity contribution in [1.82, 2.24) is 0 Å². The minimum atomic E-state index is -0.882. The molecule has 132 valence electrons. The quantitative estimate of drug-likeness (QED) is 0.685. The van der Waals surface area contributed by atoms with Crippen LogP contribution in [0, 0.1) is 35.0 Å². The van der Waals surface area contributed by atoms with Crippen LogP contribution in [0.15, 0.2) is 11.6 Å². The molecule has 0 saturated heterocycles. The molecule has 3 heteroatoms. The maximum atomic E-state index is 11.1. The van der Waals surface area contributed by atoms with Gasteiger partial charge in [0.05, 0.1) is 11.7 Å². The summed E-state index contributed by atoms with van der Waals surface area (Å²) >= 11 is 0. The second-order valence-electron chi connectivity index (χ2n) is 9.31. The predicted octanol–water partition coefficient (Wildman–Crippen LogP) is 3.14. The highest BCUT2D eigenvalue weighted by Crippen LogP contribution is 2.58. The normalized spacial score (nSPS) is 52.5. The third-order valence-corrected chi connectivity index (χ3v) is 7.31. The van der Waals surface area contributed by atoms with E-state index in [1.807, 2.05) is 6.92 Å². The number of hydrogen-bond acceptors (Lipinski definition) is 3. The van der Waals surface area contributed by atoms with Gasteiger partial charge in [0, 0.05) is 12.5 Å². The second kappa shape index (κ2) is 5.86. The summed E-state index contributed by atoms with van der Waals surface area (Å²) in [7, 11) is 0. The molecule has 2 saturated carbocycles. The molecule has 23 heavy (non-hydrogen) atoms. The summed E-state index contributed by atoms with van der Waals surface area (Å²) < 4.78 is 0. The van der Waals surface area contributed by atoms with Gasteiger partial charge in [0.2, 0.25) is 0 Å². The van der Waals surface area contributed by atoms with Crippen LogP contribution in [-0.2, 0) is 0 Å². The average molecular weight is 322 g/mol. The highest BCUT2D eigenvalue weighted by Gasteiger charge is 2.55. The van der Waals surface area contributed by atoms with Crippen LogP contribution in [0.25, 0.3) is 0 Å². The molecule has 3 rings (SSSR count). The Hall–Kier alpha value is -0.380. The molecule has 0 aromatic rings. The zero-order valence-corrected chi connectivity index (χ0v) is 15.1. The van der Waals surface area contributed by atoms with E-state index in [1.165, 1.54) is 18.4 Å². The third-order valence-electron chi connectivity index (χ3n) is 7.31. The second-order valence-corrected chi connectivity index (χ2v) is 9.31. The summed E-state index contributed by atoms with van der Waals surface area (Å²) in [6.45, 7) is 8.97. The van der Waals surface area contributed by atoms with Crippen molar-refractivity contribution in [3.8, 4) is 0 Å². The summed E-state index contributed by atoms with van der Waals surface area (Å²) in [6, 6.07) is 0. The molecular weight excluding hydrogens is 288 g/mol. The Labute approximate surface area is 140 Å². The number of aliphatic hydroxyl groups is 3. The van der Waals surface area contributed by atoms with Crippen LogP contribution in [-0.4, -0.2) is 33.6 Å². The Bertz CT molecular complexity index is 481. The molecule has 3 aliphatic rings. The molecule has 3 N–H and O–H groups in total. The molecule has 0 spiro atoms. The fourth-order valence-electron chi connectivity index (χ4n) is 6.09. The molecule has 0 radical (unpaired) electrons.